The molecule has 0 bridgehead atoms. The van der Waals surface area contributed by atoms with Crippen molar-refractivity contribution in [1.82, 2.24) is 4.98 Å². The number of nitrogens with one attached hydrogen (secondary N) is 2. The highest BCUT2D eigenvalue weighted by Gasteiger charge is 2.56. The van der Waals surface area contributed by atoms with E-state index in [4.69, 9.17) is 4.74 Å². The molecule has 3 heterocycles. The van der Waals surface area contributed by atoms with Crippen molar-refractivity contribution in [3.05, 3.63) is 105 Å². The number of thiazole rings is 1. The molecule has 4 aromatic rings. The van der Waals surface area contributed by atoms with E-state index in [1.165, 1.54) is 24.3 Å². The molecule has 11 heteroatoms. The Kier molecular flexibility index (Phi) is 6.53. The number of aromatic nitrogens is 1. The maximum absolute atomic E-state index is 13.8. The van der Waals surface area contributed by atoms with Gasteiger partial charge in [0.05, 0.1) is 16.6 Å². The van der Waals surface area contributed by atoms with Gasteiger partial charge in [0.2, 0.25) is 11.8 Å². The van der Waals surface area contributed by atoms with E-state index in [1.54, 1.807) is 48.5 Å². The summed E-state index contributed by atoms with van der Waals surface area (Å²) in [6.07, 6.45) is 0. The quantitative estimate of drug-likeness (QED) is 0.338. The van der Waals surface area contributed by atoms with E-state index < -0.39 is 34.7 Å². The van der Waals surface area contributed by atoms with Crippen LogP contribution >= 0.6 is 23.1 Å². The van der Waals surface area contributed by atoms with Gasteiger partial charge in [-0.3, -0.25) is 19.2 Å². The molecule has 2 N–H and O–H groups in total. The van der Waals surface area contributed by atoms with Crippen LogP contribution < -0.4 is 19.8 Å². The molecule has 3 aromatic carbocycles. The highest BCUT2D eigenvalue weighted by Crippen LogP contribution is 2.54. The highest BCUT2D eigenvalue weighted by molar-refractivity contribution is 8.00. The van der Waals surface area contributed by atoms with Crippen LogP contribution in [0.15, 0.2) is 88.7 Å². The summed E-state index contributed by atoms with van der Waals surface area (Å²) in [5.41, 5.74) is 1.49. The molecule has 1 fully saturated rings. The van der Waals surface area contributed by atoms with Crippen LogP contribution in [-0.2, 0) is 14.4 Å². The number of hydrogen-bond acceptors (Lipinski definition) is 7. The predicted molar refractivity (Wildman–Crippen MR) is 146 cm³/mol. The zero-order chi connectivity index (χ0) is 27.1. The number of fused-ring (bicyclic) bond motifs is 2. The molecule has 2 aliphatic heterocycles. The number of nitrogens with zero attached hydrogens (tertiary/aromatic N) is 1. The molecule has 196 valence electrons. The predicted octanol–water partition coefficient (Wildman–Crippen LogP) is 4.39. The van der Waals surface area contributed by atoms with Crippen LogP contribution in [0.2, 0.25) is 0 Å². The van der Waals surface area contributed by atoms with Gasteiger partial charge in [-0.1, -0.05) is 59.5 Å². The maximum Gasteiger partial charge on any atom is 0.305 e. The van der Waals surface area contributed by atoms with Gasteiger partial charge >= 0.3 is 4.87 Å². The summed E-state index contributed by atoms with van der Waals surface area (Å²) in [5, 5.41) is 2.48. The number of imide groups is 1. The molecule has 39 heavy (non-hydrogen) atoms. The number of benzene rings is 3. The summed E-state index contributed by atoms with van der Waals surface area (Å²) in [5.74, 6) is -2.88. The van der Waals surface area contributed by atoms with E-state index in [1.807, 2.05) is 6.07 Å². The maximum atomic E-state index is 13.8. The Balaban J connectivity index is 1.35. The second-order valence-corrected chi connectivity index (χ2v) is 11.1. The van der Waals surface area contributed by atoms with Crippen molar-refractivity contribution in [2.75, 3.05) is 16.8 Å². The number of halogens is 1. The van der Waals surface area contributed by atoms with Crippen LogP contribution in [0.25, 0.3) is 0 Å². The molecule has 0 radical (unpaired) electrons. The van der Waals surface area contributed by atoms with E-state index in [0.717, 1.165) is 28.0 Å². The second-order valence-electron chi connectivity index (χ2n) is 8.98. The minimum atomic E-state index is -0.839. The van der Waals surface area contributed by atoms with Crippen molar-refractivity contribution in [3.63, 3.8) is 0 Å². The first-order chi connectivity index (χ1) is 18.9. The fourth-order valence-corrected chi connectivity index (χ4v) is 7.43. The fourth-order valence-electron chi connectivity index (χ4n) is 4.93. The molecule has 3 atom stereocenters. The van der Waals surface area contributed by atoms with E-state index in [0.29, 0.717) is 26.9 Å². The first-order valence-electron chi connectivity index (χ1n) is 12.0. The van der Waals surface area contributed by atoms with Gasteiger partial charge < -0.3 is 15.0 Å². The molecular formula is C28H20FN3O5S2. The molecule has 0 spiro atoms. The molecule has 0 saturated carbocycles. The zero-order valence-corrected chi connectivity index (χ0v) is 21.8. The van der Waals surface area contributed by atoms with Crippen molar-refractivity contribution >= 4 is 52.2 Å². The van der Waals surface area contributed by atoms with Crippen molar-refractivity contribution in [3.8, 4) is 5.75 Å². The Labute approximate surface area is 229 Å². The SMILES string of the molecule is O=C(COc1ccccc1C1c2sc(=O)[nH]c2SC2C(=O)N(c3ccc(F)cc3)C(=O)C21)Nc1ccccc1. The number of anilines is 2. The second kappa shape index (κ2) is 10.2. The number of para-hydroxylation sites is 2. The Hall–Kier alpha value is -4.22. The Morgan fingerprint density at radius 3 is 2.44 bits per heavy atom. The van der Waals surface area contributed by atoms with E-state index in [-0.39, 0.29) is 23.1 Å². The van der Waals surface area contributed by atoms with Gasteiger partial charge in [0.1, 0.15) is 16.8 Å². The lowest BCUT2D eigenvalue weighted by Gasteiger charge is -2.30. The third kappa shape index (κ3) is 4.64. The zero-order valence-electron chi connectivity index (χ0n) is 20.1. The van der Waals surface area contributed by atoms with Gasteiger partial charge in [-0.25, -0.2) is 9.29 Å². The van der Waals surface area contributed by atoms with Crippen molar-refractivity contribution < 1.29 is 23.5 Å². The average Bonchev–Trinajstić information content (AvgIpc) is 3.43. The number of hydrogen-bond donors (Lipinski definition) is 2. The number of ether oxygens (including phenoxy) is 1. The summed E-state index contributed by atoms with van der Waals surface area (Å²) in [6.45, 7) is -0.285. The minimum Gasteiger partial charge on any atom is -0.483 e. The van der Waals surface area contributed by atoms with Crippen LogP contribution in [0, 0.1) is 11.7 Å². The number of amides is 3. The number of carbonyl (C=O) groups excluding carboxylic acids is 3. The number of carbonyl (C=O) groups is 3. The number of thioether (sulfide) groups is 1. The van der Waals surface area contributed by atoms with Crippen molar-refractivity contribution in [1.29, 1.82) is 0 Å². The highest BCUT2D eigenvalue weighted by atomic mass is 32.2. The molecule has 0 aliphatic carbocycles. The van der Waals surface area contributed by atoms with Crippen molar-refractivity contribution in [2.24, 2.45) is 5.92 Å². The monoisotopic (exact) mass is 561 g/mol. The van der Waals surface area contributed by atoms with Gasteiger partial charge in [0, 0.05) is 22.0 Å². The lowest BCUT2D eigenvalue weighted by molar-refractivity contribution is -0.122. The molecule has 2 aliphatic rings. The lowest BCUT2D eigenvalue weighted by atomic mass is 9.82. The number of rotatable bonds is 6. The molecule has 8 nitrogen and oxygen atoms in total. The minimum absolute atomic E-state index is 0.277. The average molecular weight is 562 g/mol. The van der Waals surface area contributed by atoms with Gasteiger partial charge in [-0.05, 0) is 42.5 Å². The molecule has 3 unspecified atom stereocenters. The Bertz CT molecular complexity index is 1640. The summed E-state index contributed by atoms with van der Waals surface area (Å²) < 4.78 is 19.5. The van der Waals surface area contributed by atoms with E-state index in [9.17, 15) is 23.6 Å². The third-order valence-corrected chi connectivity index (χ3v) is 8.98. The van der Waals surface area contributed by atoms with Crippen LogP contribution in [-0.4, -0.2) is 34.6 Å². The summed E-state index contributed by atoms with van der Waals surface area (Å²) >= 11 is 2.13. The molecular weight excluding hydrogens is 541 g/mol. The summed E-state index contributed by atoms with van der Waals surface area (Å²) in [7, 11) is 0. The molecule has 1 aromatic heterocycles. The van der Waals surface area contributed by atoms with Gasteiger partial charge in [0.15, 0.2) is 6.61 Å². The lowest BCUT2D eigenvalue weighted by Crippen LogP contribution is -2.32. The summed E-state index contributed by atoms with van der Waals surface area (Å²) in [6, 6.07) is 21.1. The Morgan fingerprint density at radius 1 is 0.949 bits per heavy atom. The first kappa shape index (κ1) is 25.1. The van der Waals surface area contributed by atoms with Crippen LogP contribution in [0.4, 0.5) is 15.8 Å². The van der Waals surface area contributed by atoms with E-state index in [2.05, 4.69) is 10.3 Å². The smallest absolute Gasteiger partial charge is 0.305 e. The Morgan fingerprint density at radius 2 is 1.67 bits per heavy atom. The van der Waals surface area contributed by atoms with E-state index >= 15 is 0 Å². The van der Waals surface area contributed by atoms with Crippen LogP contribution in [0.1, 0.15) is 16.4 Å². The molecule has 3 amide bonds. The van der Waals surface area contributed by atoms with Gasteiger partial charge in [0.25, 0.3) is 5.91 Å². The van der Waals surface area contributed by atoms with Gasteiger partial charge in [-0.2, -0.15) is 0 Å². The number of aromatic amines is 1. The standard InChI is InChI=1S/C28H20FN3O5S2/c29-15-10-12-17(13-11-15)32-26(34)22-21(23-25(31-28(36)39-23)38-24(22)27(32)35)18-8-4-5-9-19(18)37-14-20(33)30-16-6-2-1-3-7-16/h1-13,21-22,24H,14H2,(H,30,33)(H,31,36). The third-order valence-electron chi connectivity index (χ3n) is 6.58. The van der Waals surface area contributed by atoms with Crippen LogP contribution in [0.5, 0.6) is 5.75 Å². The van der Waals surface area contributed by atoms with Crippen LogP contribution in [0.3, 0.4) is 0 Å². The van der Waals surface area contributed by atoms with Gasteiger partial charge in [-0.15, -0.1) is 0 Å². The topological polar surface area (TPSA) is 109 Å². The molecule has 1 saturated heterocycles. The first-order valence-corrected chi connectivity index (χ1v) is 13.7. The normalized spacial score (nSPS) is 19.9. The summed E-state index contributed by atoms with van der Waals surface area (Å²) in [4.78, 5) is 56.5. The fraction of sp³-hybridized carbons (Fsp3) is 0.143. The largest absolute Gasteiger partial charge is 0.483 e. The number of H-pyrrole nitrogens is 1. The molecule has 6 rings (SSSR count). The van der Waals surface area contributed by atoms with Crippen molar-refractivity contribution in [2.45, 2.75) is 16.2 Å².